The van der Waals surface area contributed by atoms with Crippen LogP contribution in [-0.4, -0.2) is 21.0 Å². The fraction of sp³-hybridized carbons (Fsp3) is 0. The summed E-state index contributed by atoms with van der Waals surface area (Å²) in [6.07, 6.45) is 5.04. The average molecular weight is 346 g/mol. The van der Waals surface area contributed by atoms with Crippen LogP contribution in [0.25, 0.3) is 10.9 Å². The number of hydrogen-bond donors (Lipinski definition) is 2. The molecule has 21 heavy (non-hydrogen) atoms. The highest BCUT2D eigenvalue weighted by molar-refractivity contribution is 9.10. The Bertz CT molecular complexity index is 763. The Morgan fingerprint density at radius 1 is 1.14 bits per heavy atom. The lowest BCUT2D eigenvalue weighted by molar-refractivity contribution is 0.0998. The van der Waals surface area contributed by atoms with E-state index in [1.54, 1.807) is 36.8 Å². The van der Waals surface area contributed by atoms with Gasteiger partial charge in [0.2, 0.25) is 0 Å². The number of halogens is 1. The van der Waals surface area contributed by atoms with Crippen molar-refractivity contribution in [1.29, 1.82) is 0 Å². The largest absolute Gasteiger partial charge is 0.505 e. The molecular formula is C15H12BrN3O2. The number of aromatic nitrogens is 2. The minimum Gasteiger partial charge on any atom is -0.505 e. The molecule has 0 unspecified atom stereocenters. The number of fused-ring (bicyclic) bond motifs is 1. The third-order valence-electron chi connectivity index (χ3n) is 2.64. The van der Waals surface area contributed by atoms with Gasteiger partial charge in [-0.1, -0.05) is 12.1 Å². The molecule has 0 bridgehead atoms. The van der Waals surface area contributed by atoms with Crippen molar-refractivity contribution in [3.05, 3.63) is 65.0 Å². The molecule has 106 valence electrons. The predicted octanol–water partition coefficient (Wildman–Crippen LogP) is 2.88. The first kappa shape index (κ1) is 14.9. The molecule has 3 aromatic rings. The summed E-state index contributed by atoms with van der Waals surface area (Å²) in [5.41, 5.74) is 5.57. The van der Waals surface area contributed by atoms with Crippen LogP contribution in [0.4, 0.5) is 0 Å². The van der Waals surface area contributed by atoms with Gasteiger partial charge in [-0.05, 0) is 40.2 Å². The van der Waals surface area contributed by atoms with Crippen LogP contribution >= 0.6 is 15.9 Å². The molecule has 0 aliphatic carbocycles. The molecule has 1 amide bonds. The Morgan fingerprint density at radius 2 is 1.90 bits per heavy atom. The highest BCUT2D eigenvalue weighted by atomic mass is 79.9. The fourth-order valence-electron chi connectivity index (χ4n) is 1.67. The summed E-state index contributed by atoms with van der Waals surface area (Å²) in [6, 6.07) is 10.6. The van der Waals surface area contributed by atoms with Gasteiger partial charge >= 0.3 is 0 Å². The maximum Gasteiger partial charge on any atom is 0.252 e. The van der Waals surface area contributed by atoms with Crippen molar-refractivity contribution >= 4 is 32.7 Å². The second kappa shape index (κ2) is 6.81. The summed E-state index contributed by atoms with van der Waals surface area (Å²) >= 11 is 3.25. The molecule has 3 N–H and O–H groups in total. The number of hydrogen-bond acceptors (Lipinski definition) is 4. The van der Waals surface area contributed by atoms with Crippen LogP contribution in [-0.2, 0) is 0 Å². The van der Waals surface area contributed by atoms with Gasteiger partial charge in [-0.3, -0.25) is 14.8 Å². The molecule has 3 rings (SSSR count). The van der Waals surface area contributed by atoms with E-state index in [1.807, 2.05) is 12.1 Å². The van der Waals surface area contributed by atoms with E-state index >= 15 is 0 Å². The lowest BCUT2D eigenvalue weighted by atomic mass is 10.1. The van der Waals surface area contributed by atoms with Crippen molar-refractivity contribution < 1.29 is 9.90 Å². The van der Waals surface area contributed by atoms with E-state index in [9.17, 15) is 9.90 Å². The number of primary amides is 1. The van der Waals surface area contributed by atoms with Gasteiger partial charge in [-0.15, -0.1) is 0 Å². The first-order valence-corrected chi connectivity index (χ1v) is 6.81. The zero-order valence-corrected chi connectivity index (χ0v) is 12.5. The van der Waals surface area contributed by atoms with E-state index in [1.165, 1.54) is 6.07 Å². The van der Waals surface area contributed by atoms with Crippen molar-refractivity contribution in [3.8, 4) is 5.75 Å². The van der Waals surface area contributed by atoms with Crippen molar-refractivity contribution in [3.63, 3.8) is 0 Å². The Hall–Kier alpha value is -2.47. The third-order valence-corrected chi connectivity index (χ3v) is 3.11. The second-order valence-corrected chi connectivity index (χ2v) is 4.99. The zero-order valence-electron chi connectivity index (χ0n) is 10.9. The molecule has 0 fully saturated rings. The highest BCUT2D eigenvalue weighted by Crippen LogP contribution is 2.25. The lowest BCUT2D eigenvalue weighted by Crippen LogP contribution is -2.11. The predicted molar refractivity (Wildman–Crippen MR) is 83.9 cm³/mol. The standard InChI is InChI=1S/C10H8N2O2.C5H4BrN/c11-10(14)7-4-3-6-2-1-5-12-8(6)9(7)13;6-5-2-1-3-7-4-5/h1-5,13H,(H2,11,14);1-4H. The second-order valence-electron chi connectivity index (χ2n) is 4.07. The van der Waals surface area contributed by atoms with Gasteiger partial charge in [-0.2, -0.15) is 0 Å². The normalized spacial score (nSPS) is 9.76. The third kappa shape index (κ3) is 3.76. The first-order valence-electron chi connectivity index (χ1n) is 6.01. The number of pyridine rings is 2. The number of benzene rings is 1. The van der Waals surface area contributed by atoms with E-state index in [-0.39, 0.29) is 11.3 Å². The molecule has 0 atom stereocenters. The Kier molecular flexibility index (Phi) is 4.84. The number of aromatic hydroxyl groups is 1. The summed E-state index contributed by atoms with van der Waals surface area (Å²) in [6.45, 7) is 0. The molecule has 5 nitrogen and oxygen atoms in total. The van der Waals surface area contributed by atoms with Gasteiger partial charge in [0.25, 0.3) is 5.91 Å². The van der Waals surface area contributed by atoms with Crippen LogP contribution in [0.5, 0.6) is 5.75 Å². The van der Waals surface area contributed by atoms with E-state index < -0.39 is 5.91 Å². The summed E-state index contributed by atoms with van der Waals surface area (Å²) < 4.78 is 1.02. The SMILES string of the molecule is Brc1cccnc1.NC(=O)c1ccc2cccnc2c1O. The number of amides is 1. The molecule has 0 spiro atoms. The summed E-state index contributed by atoms with van der Waals surface area (Å²) in [5, 5.41) is 10.4. The molecule has 0 aliphatic rings. The molecule has 2 aromatic heterocycles. The van der Waals surface area contributed by atoms with E-state index in [0.717, 1.165) is 9.86 Å². The van der Waals surface area contributed by atoms with Crippen LogP contribution in [0, 0.1) is 0 Å². The molecule has 0 aliphatic heterocycles. The molecule has 6 heteroatoms. The van der Waals surface area contributed by atoms with Gasteiger partial charge in [0.1, 0.15) is 5.52 Å². The maximum atomic E-state index is 10.9. The van der Waals surface area contributed by atoms with Crippen molar-refractivity contribution in [2.45, 2.75) is 0 Å². The smallest absolute Gasteiger partial charge is 0.252 e. The molecule has 0 radical (unpaired) electrons. The summed E-state index contributed by atoms with van der Waals surface area (Å²) in [5.74, 6) is -0.814. The summed E-state index contributed by atoms with van der Waals surface area (Å²) in [4.78, 5) is 18.7. The van der Waals surface area contributed by atoms with Crippen LogP contribution in [0.15, 0.2) is 59.5 Å². The Morgan fingerprint density at radius 3 is 2.48 bits per heavy atom. The molecule has 2 heterocycles. The van der Waals surface area contributed by atoms with E-state index in [2.05, 4.69) is 25.9 Å². The zero-order chi connectivity index (χ0) is 15.2. The van der Waals surface area contributed by atoms with Crippen LogP contribution in [0.2, 0.25) is 0 Å². The van der Waals surface area contributed by atoms with Gasteiger partial charge in [-0.25, -0.2) is 0 Å². The number of rotatable bonds is 1. The van der Waals surface area contributed by atoms with Crippen LogP contribution in [0.3, 0.4) is 0 Å². The number of nitrogens with zero attached hydrogens (tertiary/aromatic N) is 2. The van der Waals surface area contributed by atoms with Gasteiger partial charge in [0.15, 0.2) is 5.75 Å². The van der Waals surface area contributed by atoms with Crippen molar-refractivity contribution in [2.24, 2.45) is 5.73 Å². The van der Waals surface area contributed by atoms with Crippen LogP contribution in [0.1, 0.15) is 10.4 Å². The minimum absolute atomic E-state index is 0.0937. The lowest BCUT2D eigenvalue weighted by Gasteiger charge is -2.03. The molecule has 0 saturated carbocycles. The number of carbonyl (C=O) groups is 1. The van der Waals surface area contributed by atoms with Gasteiger partial charge in [0, 0.05) is 28.4 Å². The number of carbonyl (C=O) groups excluding carboxylic acids is 1. The first-order chi connectivity index (χ1) is 10.1. The summed E-state index contributed by atoms with van der Waals surface area (Å²) in [7, 11) is 0. The maximum absolute atomic E-state index is 10.9. The quantitative estimate of drug-likeness (QED) is 0.709. The van der Waals surface area contributed by atoms with Crippen LogP contribution < -0.4 is 5.73 Å². The number of nitrogens with two attached hydrogens (primary N) is 1. The minimum atomic E-state index is -0.657. The number of phenols is 1. The van der Waals surface area contributed by atoms with Crippen molar-refractivity contribution in [1.82, 2.24) is 9.97 Å². The highest BCUT2D eigenvalue weighted by Gasteiger charge is 2.10. The van der Waals surface area contributed by atoms with E-state index in [0.29, 0.717) is 5.52 Å². The monoisotopic (exact) mass is 345 g/mol. The van der Waals surface area contributed by atoms with Gasteiger partial charge < -0.3 is 10.8 Å². The average Bonchev–Trinajstić information content (AvgIpc) is 2.49. The van der Waals surface area contributed by atoms with E-state index in [4.69, 9.17) is 5.73 Å². The van der Waals surface area contributed by atoms with Crippen molar-refractivity contribution in [2.75, 3.05) is 0 Å². The molecule has 1 aromatic carbocycles. The Balaban J connectivity index is 0.000000194. The fourth-order valence-corrected chi connectivity index (χ4v) is 1.94. The topological polar surface area (TPSA) is 89.1 Å². The molecule has 0 saturated heterocycles. The van der Waals surface area contributed by atoms with Gasteiger partial charge in [0.05, 0.1) is 5.56 Å². The Labute approximate surface area is 129 Å². The molecular weight excluding hydrogens is 334 g/mol.